The Bertz CT molecular complexity index is 848. The van der Waals surface area contributed by atoms with Crippen molar-refractivity contribution in [3.05, 3.63) is 23.2 Å². The van der Waals surface area contributed by atoms with Gasteiger partial charge in [-0.3, -0.25) is 0 Å². The highest BCUT2D eigenvalue weighted by Crippen LogP contribution is 2.41. The molecular weight excluding hydrogens is 375 g/mol. The van der Waals surface area contributed by atoms with Crippen molar-refractivity contribution >= 4 is 46.6 Å². The zero-order valence-corrected chi connectivity index (χ0v) is 17.5. The first kappa shape index (κ1) is 19.3. The molecule has 0 amide bonds. The van der Waals surface area contributed by atoms with Gasteiger partial charge >= 0.3 is 0 Å². The summed E-state index contributed by atoms with van der Waals surface area (Å²) in [7, 11) is 6.40. The van der Waals surface area contributed by atoms with Crippen LogP contribution in [0.3, 0.4) is 0 Å². The molecule has 3 aliphatic rings. The Kier molecular flexibility index (Phi) is 5.31. The summed E-state index contributed by atoms with van der Waals surface area (Å²) in [6, 6.07) is 6.01. The standard InChI is InChI=1S/C20H26BN2O2S2/c1-2-25-15-3-4-17-18(11-15)27-19(22-17)12-16(26)5-8-20(24)13-23(21)9-6-14(20)7-10-23/h3-4,11,14,24H,2,5-10,12-13H2,1H3. The van der Waals surface area contributed by atoms with E-state index >= 15 is 0 Å². The summed E-state index contributed by atoms with van der Waals surface area (Å²) in [6.45, 7) is 5.30. The molecule has 4 heterocycles. The summed E-state index contributed by atoms with van der Waals surface area (Å²) in [5.74, 6) is 1.26. The third kappa shape index (κ3) is 4.06. The van der Waals surface area contributed by atoms with Crippen LogP contribution in [0.25, 0.3) is 10.2 Å². The molecule has 0 aliphatic carbocycles. The molecule has 2 aromatic rings. The number of nitrogens with zero attached hydrogens (tertiary/aromatic N) is 2. The summed E-state index contributed by atoms with van der Waals surface area (Å²) in [4.78, 5) is 5.67. The Morgan fingerprint density at radius 3 is 2.93 bits per heavy atom. The fourth-order valence-corrected chi connectivity index (χ4v) is 6.00. The molecule has 143 valence electrons. The number of hydrogen-bond acceptors (Lipinski definition) is 5. The van der Waals surface area contributed by atoms with Crippen molar-refractivity contribution in [2.45, 2.75) is 44.6 Å². The number of hydrogen-bond donors (Lipinski definition) is 1. The van der Waals surface area contributed by atoms with Crippen LogP contribution in [0.2, 0.25) is 0 Å². The fraction of sp³-hybridized carbons (Fsp3) is 0.600. The number of benzene rings is 1. The molecule has 4 nitrogen and oxygen atoms in total. The average molecular weight is 401 g/mol. The Morgan fingerprint density at radius 2 is 2.22 bits per heavy atom. The third-order valence-corrected chi connectivity index (χ3v) is 7.46. The molecule has 1 aromatic heterocycles. The lowest BCUT2D eigenvalue weighted by Crippen LogP contribution is -2.68. The average Bonchev–Trinajstić information content (AvgIpc) is 3.02. The number of fused-ring (bicyclic) bond motifs is 4. The van der Waals surface area contributed by atoms with Gasteiger partial charge in [-0.05, 0) is 55.7 Å². The molecule has 2 bridgehead atoms. The first-order valence-corrected chi connectivity index (χ1v) is 11.0. The number of ether oxygens (including phenoxy) is 1. The Hall–Kier alpha value is -1.02. The van der Waals surface area contributed by atoms with Crippen LogP contribution in [-0.2, 0) is 6.42 Å². The second-order valence-corrected chi connectivity index (χ2v) is 9.78. The first-order chi connectivity index (χ1) is 12.9. The van der Waals surface area contributed by atoms with Crippen molar-refractivity contribution < 1.29 is 14.2 Å². The normalized spacial score (nSPS) is 30.0. The molecule has 1 N–H and O–H groups in total. The van der Waals surface area contributed by atoms with Gasteiger partial charge in [0, 0.05) is 25.4 Å². The SMILES string of the molecule is [B-][N+]12CCC(CC1)C(O)(CCC(=S)Cc1nc3ccc(OCC)cc3s1)C2. The first-order valence-electron chi connectivity index (χ1n) is 9.80. The van der Waals surface area contributed by atoms with E-state index in [4.69, 9.17) is 29.9 Å². The maximum Gasteiger partial charge on any atom is 0.120 e. The van der Waals surface area contributed by atoms with E-state index in [-0.39, 0.29) is 0 Å². The van der Waals surface area contributed by atoms with Gasteiger partial charge in [0.2, 0.25) is 0 Å². The van der Waals surface area contributed by atoms with Crippen LogP contribution < -0.4 is 4.74 Å². The summed E-state index contributed by atoms with van der Waals surface area (Å²) in [5.41, 5.74) is 0.335. The van der Waals surface area contributed by atoms with Crippen molar-refractivity contribution in [2.24, 2.45) is 5.92 Å². The summed E-state index contributed by atoms with van der Waals surface area (Å²) in [5, 5.41) is 12.2. The number of aromatic nitrogens is 1. The fourth-order valence-electron chi connectivity index (χ4n) is 4.63. The predicted octanol–water partition coefficient (Wildman–Crippen LogP) is 3.44. The van der Waals surface area contributed by atoms with Crippen molar-refractivity contribution in [3.63, 3.8) is 0 Å². The second-order valence-electron chi connectivity index (χ2n) is 8.09. The number of rotatable bonds is 7. The highest BCUT2D eigenvalue weighted by Gasteiger charge is 2.47. The lowest BCUT2D eigenvalue weighted by atomic mass is 9.69. The molecule has 0 spiro atoms. The van der Waals surface area contributed by atoms with Crippen molar-refractivity contribution in [2.75, 3.05) is 26.2 Å². The topological polar surface area (TPSA) is 42.4 Å². The minimum absolute atomic E-state index is 0.378. The smallest absolute Gasteiger partial charge is 0.120 e. The van der Waals surface area contributed by atoms with Crippen molar-refractivity contribution in [1.29, 1.82) is 0 Å². The predicted molar refractivity (Wildman–Crippen MR) is 115 cm³/mol. The van der Waals surface area contributed by atoms with Crippen LogP contribution in [-0.4, -0.2) is 59.2 Å². The number of quaternary nitrogens is 1. The van der Waals surface area contributed by atoms with Crippen LogP contribution >= 0.6 is 23.6 Å². The minimum Gasteiger partial charge on any atom is -0.586 e. The summed E-state index contributed by atoms with van der Waals surface area (Å²) >= 11 is 7.31. The van der Waals surface area contributed by atoms with Crippen LogP contribution in [0.4, 0.5) is 0 Å². The Morgan fingerprint density at radius 1 is 1.44 bits per heavy atom. The zero-order valence-electron chi connectivity index (χ0n) is 15.8. The Labute approximate surface area is 171 Å². The van der Waals surface area contributed by atoms with Gasteiger partial charge < -0.3 is 14.2 Å². The van der Waals surface area contributed by atoms with Gasteiger partial charge in [0.25, 0.3) is 0 Å². The van der Waals surface area contributed by atoms with E-state index in [2.05, 4.69) is 0 Å². The largest absolute Gasteiger partial charge is 0.586 e. The second kappa shape index (κ2) is 7.43. The zero-order chi connectivity index (χ0) is 19.1. The summed E-state index contributed by atoms with van der Waals surface area (Å²) < 4.78 is 7.22. The number of aliphatic hydroxyl groups is 1. The maximum absolute atomic E-state index is 11.2. The minimum atomic E-state index is -0.657. The molecule has 0 saturated carbocycles. The van der Waals surface area contributed by atoms with Gasteiger partial charge in [-0.15, -0.1) is 11.3 Å². The van der Waals surface area contributed by atoms with Gasteiger partial charge in [0.1, 0.15) is 11.4 Å². The van der Waals surface area contributed by atoms with Gasteiger partial charge in [0.05, 0.1) is 28.4 Å². The van der Waals surface area contributed by atoms with E-state index in [1.165, 1.54) is 0 Å². The van der Waals surface area contributed by atoms with Gasteiger partial charge in [-0.25, -0.2) is 13.0 Å². The molecule has 27 heavy (non-hydrogen) atoms. The van der Waals surface area contributed by atoms with Gasteiger partial charge in [-0.1, -0.05) is 12.2 Å². The molecule has 3 radical (unpaired) electrons. The number of piperidine rings is 3. The lowest BCUT2D eigenvalue weighted by molar-refractivity contribution is -0.846. The quantitative estimate of drug-likeness (QED) is 0.570. The van der Waals surface area contributed by atoms with E-state index in [1.807, 2.05) is 25.1 Å². The molecule has 1 unspecified atom stereocenters. The lowest BCUT2D eigenvalue weighted by Gasteiger charge is -2.64. The molecule has 3 saturated heterocycles. The van der Waals surface area contributed by atoms with Gasteiger partial charge in [-0.2, -0.15) is 0 Å². The third-order valence-electron chi connectivity index (χ3n) is 6.09. The van der Waals surface area contributed by atoms with Crippen LogP contribution in [0.5, 0.6) is 5.75 Å². The molecule has 3 fully saturated rings. The highest BCUT2D eigenvalue weighted by atomic mass is 32.1. The van der Waals surface area contributed by atoms with E-state index in [0.717, 1.165) is 58.2 Å². The molecule has 5 rings (SSSR count). The van der Waals surface area contributed by atoms with Crippen LogP contribution in [0.1, 0.15) is 37.6 Å². The number of thiocarbonyl (C=S) groups is 1. The number of thiazole rings is 1. The van der Waals surface area contributed by atoms with Crippen molar-refractivity contribution in [1.82, 2.24) is 4.98 Å². The molecule has 1 atom stereocenters. The molecule has 7 heteroatoms. The maximum atomic E-state index is 11.2. The van der Waals surface area contributed by atoms with E-state index < -0.39 is 5.60 Å². The van der Waals surface area contributed by atoms with Gasteiger partial charge in [0.15, 0.2) is 0 Å². The summed E-state index contributed by atoms with van der Waals surface area (Å²) in [6.07, 6.45) is 4.22. The van der Waals surface area contributed by atoms with E-state index in [9.17, 15) is 5.11 Å². The van der Waals surface area contributed by atoms with Crippen LogP contribution in [0, 0.1) is 5.92 Å². The van der Waals surface area contributed by atoms with Crippen LogP contribution in [0.15, 0.2) is 18.2 Å². The monoisotopic (exact) mass is 401 g/mol. The Balaban J connectivity index is 1.37. The van der Waals surface area contributed by atoms with Crippen molar-refractivity contribution in [3.8, 4) is 5.75 Å². The highest BCUT2D eigenvalue weighted by molar-refractivity contribution is 7.80. The molecular formula is C20H26BN2O2S2. The van der Waals surface area contributed by atoms with E-state index in [0.29, 0.717) is 36.3 Å². The molecule has 1 aromatic carbocycles. The molecule has 3 aliphatic heterocycles. The van der Waals surface area contributed by atoms with E-state index in [1.54, 1.807) is 11.3 Å².